The first-order valence-electron chi connectivity index (χ1n) is 8.73. The molecule has 1 unspecified atom stereocenters. The van der Waals surface area contributed by atoms with Gasteiger partial charge in [-0.25, -0.2) is 4.68 Å². The Bertz CT molecular complexity index is 726. The molecule has 2 aromatic rings. The molecule has 1 N–H and O–H groups in total. The van der Waals surface area contributed by atoms with Gasteiger partial charge in [-0.2, -0.15) is 0 Å². The number of carbonyl (C=O) groups excluding carboxylic acids is 1. The van der Waals surface area contributed by atoms with Crippen LogP contribution in [-0.4, -0.2) is 26.9 Å². The lowest BCUT2D eigenvalue weighted by atomic mass is 10.1. The summed E-state index contributed by atoms with van der Waals surface area (Å²) in [5, 5.41) is 11.4. The monoisotopic (exact) mass is 330 g/mol. The van der Waals surface area contributed by atoms with E-state index in [0.29, 0.717) is 10.9 Å². The van der Waals surface area contributed by atoms with Crippen molar-refractivity contribution in [3.63, 3.8) is 0 Å². The molecule has 1 aromatic heterocycles. The molecule has 2 rings (SSSR count). The molecule has 6 nitrogen and oxygen atoms in total. The van der Waals surface area contributed by atoms with Gasteiger partial charge in [0.2, 0.25) is 5.91 Å². The Kier molecular flexibility index (Phi) is 6.90. The molecule has 1 heterocycles. The van der Waals surface area contributed by atoms with Crippen LogP contribution in [0, 0.1) is 0 Å². The van der Waals surface area contributed by atoms with E-state index in [0.717, 1.165) is 12.8 Å². The third-order valence-electron chi connectivity index (χ3n) is 4.08. The van der Waals surface area contributed by atoms with Crippen molar-refractivity contribution in [2.24, 2.45) is 0 Å². The second-order valence-electron chi connectivity index (χ2n) is 6.20. The van der Waals surface area contributed by atoms with Gasteiger partial charge in [0.15, 0.2) is 0 Å². The van der Waals surface area contributed by atoms with Crippen LogP contribution < -0.4 is 10.9 Å². The van der Waals surface area contributed by atoms with Crippen molar-refractivity contribution in [3.8, 4) is 0 Å². The van der Waals surface area contributed by atoms with E-state index in [1.54, 1.807) is 18.2 Å². The van der Waals surface area contributed by atoms with Crippen LogP contribution in [0.4, 0.5) is 0 Å². The molecule has 0 aliphatic rings. The predicted molar refractivity (Wildman–Crippen MR) is 94.8 cm³/mol. The number of aryl methyl sites for hydroxylation is 1. The number of aromatic nitrogens is 3. The van der Waals surface area contributed by atoms with Crippen molar-refractivity contribution < 1.29 is 4.79 Å². The summed E-state index contributed by atoms with van der Waals surface area (Å²) >= 11 is 0. The normalized spacial score (nSPS) is 12.2. The van der Waals surface area contributed by atoms with Crippen LogP contribution in [-0.2, 0) is 11.3 Å². The molecule has 0 aliphatic heterocycles. The van der Waals surface area contributed by atoms with E-state index in [2.05, 4.69) is 22.6 Å². The minimum absolute atomic E-state index is 0.0557. The quantitative estimate of drug-likeness (QED) is 0.717. The van der Waals surface area contributed by atoms with Crippen molar-refractivity contribution in [1.82, 2.24) is 20.3 Å². The van der Waals surface area contributed by atoms with Gasteiger partial charge < -0.3 is 5.32 Å². The van der Waals surface area contributed by atoms with Gasteiger partial charge in [-0.1, -0.05) is 50.0 Å². The molecular weight excluding hydrogens is 304 g/mol. The summed E-state index contributed by atoms with van der Waals surface area (Å²) in [6.45, 7) is 4.44. The zero-order valence-electron chi connectivity index (χ0n) is 14.5. The van der Waals surface area contributed by atoms with E-state index in [9.17, 15) is 9.59 Å². The van der Waals surface area contributed by atoms with E-state index in [1.807, 2.05) is 13.0 Å². The van der Waals surface area contributed by atoms with Crippen molar-refractivity contribution >= 4 is 16.8 Å². The lowest BCUT2D eigenvalue weighted by Crippen LogP contribution is -2.34. The molecule has 0 spiro atoms. The number of carbonyl (C=O) groups is 1. The average Bonchev–Trinajstić information content (AvgIpc) is 2.58. The standard InChI is InChI=1S/C18H26N4O2/c1-3-4-5-6-9-14(2)19-17(23)12-13-22-18(24)15-10-7-8-11-16(15)20-21-22/h7-8,10-11,14H,3-6,9,12-13H2,1-2H3,(H,19,23). The van der Waals surface area contributed by atoms with Crippen molar-refractivity contribution in [3.05, 3.63) is 34.6 Å². The van der Waals surface area contributed by atoms with Crippen molar-refractivity contribution in [1.29, 1.82) is 0 Å². The fourth-order valence-corrected chi connectivity index (χ4v) is 2.67. The minimum Gasteiger partial charge on any atom is -0.354 e. The first-order valence-corrected chi connectivity index (χ1v) is 8.73. The Morgan fingerprint density at radius 1 is 1.25 bits per heavy atom. The number of unbranched alkanes of at least 4 members (excludes halogenated alkanes) is 3. The Hall–Kier alpha value is -2.24. The fraction of sp³-hybridized carbons (Fsp3) is 0.556. The lowest BCUT2D eigenvalue weighted by molar-refractivity contribution is -0.122. The molecule has 24 heavy (non-hydrogen) atoms. The molecular formula is C18H26N4O2. The Balaban J connectivity index is 1.83. The van der Waals surface area contributed by atoms with Crippen LogP contribution >= 0.6 is 0 Å². The number of hydrogen-bond acceptors (Lipinski definition) is 4. The maximum absolute atomic E-state index is 12.3. The van der Waals surface area contributed by atoms with Crippen LogP contribution in [0.5, 0.6) is 0 Å². The van der Waals surface area contributed by atoms with E-state index in [4.69, 9.17) is 0 Å². The van der Waals surface area contributed by atoms with E-state index < -0.39 is 0 Å². The molecule has 6 heteroatoms. The second kappa shape index (κ2) is 9.15. The van der Waals surface area contributed by atoms with Crippen LogP contribution in [0.2, 0.25) is 0 Å². The number of benzene rings is 1. The molecule has 0 bridgehead atoms. The second-order valence-corrected chi connectivity index (χ2v) is 6.20. The molecule has 1 aromatic carbocycles. The molecule has 0 aliphatic carbocycles. The van der Waals surface area contributed by atoms with E-state index in [1.165, 1.54) is 23.9 Å². The topological polar surface area (TPSA) is 76.9 Å². The summed E-state index contributed by atoms with van der Waals surface area (Å²) in [5.74, 6) is -0.0557. The third-order valence-corrected chi connectivity index (χ3v) is 4.08. The van der Waals surface area contributed by atoms with Crippen molar-refractivity contribution in [2.75, 3.05) is 0 Å². The Morgan fingerprint density at radius 2 is 2.04 bits per heavy atom. The highest BCUT2D eigenvalue weighted by molar-refractivity contribution is 5.77. The Morgan fingerprint density at radius 3 is 2.83 bits per heavy atom. The molecule has 130 valence electrons. The lowest BCUT2D eigenvalue weighted by Gasteiger charge is -2.13. The van der Waals surface area contributed by atoms with Crippen LogP contribution in [0.3, 0.4) is 0 Å². The van der Waals surface area contributed by atoms with Crippen LogP contribution in [0.1, 0.15) is 52.4 Å². The van der Waals surface area contributed by atoms with Crippen molar-refractivity contribution in [2.45, 2.75) is 65.0 Å². The van der Waals surface area contributed by atoms with Gasteiger partial charge in [-0.05, 0) is 25.5 Å². The van der Waals surface area contributed by atoms with Gasteiger partial charge in [-0.15, -0.1) is 5.10 Å². The molecule has 0 fully saturated rings. The van der Waals surface area contributed by atoms with Gasteiger partial charge in [0.25, 0.3) is 5.56 Å². The fourth-order valence-electron chi connectivity index (χ4n) is 2.67. The Labute approximate surface area is 142 Å². The largest absolute Gasteiger partial charge is 0.354 e. The smallest absolute Gasteiger partial charge is 0.277 e. The highest BCUT2D eigenvalue weighted by atomic mass is 16.2. The van der Waals surface area contributed by atoms with Crippen LogP contribution in [0.25, 0.3) is 10.9 Å². The molecule has 0 saturated carbocycles. The number of rotatable bonds is 9. The van der Waals surface area contributed by atoms with Crippen LogP contribution in [0.15, 0.2) is 29.1 Å². The number of hydrogen-bond donors (Lipinski definition) is 1. The van der Waals surface area contributed by atoms with Gasteiger partial charge in [-0.3, -0.25) is 9.59 Å². The predicted octanol–water partition coefficient (Wildman–Crippen LogP) is 2.66. The molecule has 1 amide bonds. The molecule has 0 radical (unpaired) electrons. The summed E-state index contributed by atoms with van der Waals surface area (Å²) in [7, 11) is 0. The highest BCUT2D eigenvalue weighted by Gasteiger charge is 2.10. The van der Waals surface area contributed by atoms with E-state index >= 15 is 0 Å². The van der Waals surface area contributed by atoms with Gasteiger partial charge >= 0.3 is 0 Å². The summed E-state index contributed by atoms with van der Waals surface area (Å²) < 4.78 is 1.26. The van der Waals surface area contributed by atoms with Gasteiger partial charge in [0, 0.05) is 12.5 Å². The minimum atomic E-state index is -0.207. The van der Waals surface area contributed by atoms with Gasteiger partial charge in [0.1, 0.15) is 5.52 Å². The summed E-state index contributed by atoms with van der Waals surface area (Å²) in [6.07, 6.45) is 6.00. The van der Waals surface area contributed by atoms with E-state index in [-0.39, 0.29) is 30.5 Å². The zero-order valence-corrected chi connectivity index (χ0v) is 14.5. The maximum atomic E-state index is 12.3. The summed E-state index contributed by atoms with van der Waals surface area (Å²) in [5.41, 5.74) is 0.366. The number of nitrogens with one attached hydrogen (secondary N) is 1. The maximum Gasteiger partial charge on any atom is 0.277 e. The molecule has 1 atom stereocenters. The summed E-state index contributed by atoms with van der Waals surface area (Å²) in [6, 6.07) is 7.25. The SMILES string of the molecule is CCCCCCC(C)NC(=O)CCn1nnc2ccccc2c1=O. The third kappa shape index (κ3) is 5.15. The number of nitrogens with zero attached hydrogens (tertiary/aromatic N) is 3. The van der Waals surface area contributed by atoms with Gasteiger partial charge in [0.05, 0.1) is 11.9 Å². The first-order chi connectivity index (χ1) is 11.6. The average molecular weight is 330 g/mol. The highest BCUT2D eigenvalue weighted by Crippen LogP contribution is 2.06. The molecule has 0 saturated heterocycles. The number of fused-ring (bicyclic) bond motifs is 1. The first kappa shape index (κ1) is 18.1. The summed E-state index contributed by atoms with van der Waals surface area (Å²) in [4.78, 5) is 24.3. The number of amides is 1. The zero-order chi connectivity index (χ0) is 17.4.